The Hall–Kier alpha value is -2.76. The lowest BCUT2D eigenvalue weighted by Crippen LogP contribution is -1.96. The van der Waals surface area contributed by atoms with Gasteiger partial charge < -0.3 is 15.2 Å². The Morgan fingerprint density at radius 2 is 2.05 bits per heavy atom. The lowest BCUT2D eigenvalue weighted by molar-refractivity contribution is 0.374. The summed E-state index contributed by atoms with van der Waals surface area (Å²) in [6, 6.07) is 8.72. The highest BCUT2D eigenvalue weighted by Crippen LogP contribution is 2.32. The van der Waals surface area contributed by atoms with Crippen molar-refractivity contribution in [1.29, 1.82) is 0 Å². The Morgan fingerprint density at radius 1 is 1.16 bits per heavy atom. The Morgan fingerprint density at radius 3 is 2.89 bits per heavy atom. The van der Waals surface area contributed by atoms with Crippen molar-refractivity contribution in [2.45, 2.75) is 0 Å². The highest BCUT2D eigenvalue weighted by molar-refractivity contribution is 5.53. The molecule has 1 aromatic carbocycles. The molecular formula is C13H12N4O2. The van der Waals surface area contributed by atoms with Crippen LogP contribution >= 0.6 is 0 Å². The number of aromatic nitrogens is 3. The second-order valence-electron chi connectivity index (χ2n) is 3.91. The number of anilines is 1. The van der Waals surface area contributed by atoms with Crippen LogP contribution in [-0.4, -0.2) is 21.7 Å². The molecule has 6 heteroatoms. The maximum absolute atomic E-state index is 5.74. The molecule has 0 aliphatic rings. The molecule has 96 valence electrons. The summed E-state index contributed by atoms with van der Waals surface area (Å²) in [5.41, 5.74) is 7.05. The third kappa shape index (κ3) is 2.15. The minimum atomic E-state index is 0.455. The maximum Gasteiger partial charge on any atom is 0.222 e. The van der Waals surface area contributed by atoms with Gasteiger partial charge in [0.25, 0.3) is 0 Å². The van der Waals surface area contributed by atoms with E-state index in [2.05, 4.69) is 10.1 Å². The zero-order chi connectivity index (χ0) is 13.2. The van der Waals surface area contributed by atoms with Crippen molar-refractivity contribution in [2.75, 3.05) is 12.8 Å². The Labute approximate surface area is 109 Å². The molecule has 0 amide bonds. The van der Waals surface area contributed by atoms with Crippen LogP contribution in [0.5, 0.6) is 17.4 Å². The van der Waals surface area contributed by atoms with Crippen LogP contribution in [-0.2, 0) is 0 Å². The monoisotopic (exact) mass is 256 g/mol. The SMILES string of the molecule is COc1ccc(N)cc1Oc1ccn2nccc2n1. The molecule has 0 saturated heterocycles. The number of nitrogen functional groups attached to an aromatic ring is 1. The average Bonchev–Trinajstić information content (AvgIpc) is 2.86. The van der Waals surface area contributed by atoms with E-state index in [0.29, 0.717) is 28.7 Å². The molecular weight excluding hydrogens is 244 g/mol. The van der Waals surface area contributed by atoms with E-state index in [-0.39, 0.29) is 0 Å². The van der Waals surface area contributed by atoms with Crippen molar-refractivity contribution in [2.24, 2.45) is 0 Å². The largest absolute Gasteiger partial charge is 0.493 e. The molecule has 19 heavy (non-hydrogen) atoms. The second kappa shape index (κ2) is 4.49. The molecule has 2 aromatic heterocycles. The van der Waals surface area contributed by atoms with Gasteiger partial charge in [0.1, 0.15) is 0 Å². The molecule has 0 aliphatic heterocycles. The Bertz CT molecular complexity index is 723. The van der Waals surface area contributed by atoms with Gasteiger partial charge in [0.05, 0.1) is 13.3 Å². The van der Waals surface area contributed by atoms with Gasteiger partial charge in [-0.05, 0) is 12.1 Å². The quantitative estimate of drug-likeness (QED) is 0.726. The van der Waals surface area contributed by atoms with E-state index in [4.69, 9.17) is 15.2 Å². The van der Waals surface area contributed by atoms with E-state index < -0.39 is 0 Å². The number of nitrogens with zero attached hydrogens (tertiary/aromatic N) is 3. The van der Waals surface area contributed by atoms with Crippen LogP contribution in [0, 0.1) is 0 Å². The minimum absolute atomic E-state index is 0.455. The molecule has 0 radical (unpaired) electrons. The first-order valence-electron chi connectivity index (χ1n) is 5.68. The van der Waals surface area contributed by atoms with Crippen molar-refractivity contribution in [1.82, 2.24) is 14.6 Å². The summed E-state index contributed by atoms with van der Waals surface area (Å²) >= 11 is 0. The normalized spacial score (nSPS) is 10.6. The van der Waals surface area contributed by atoms with Gasteiger partial charge in [-0.3, -0.25) is 0 Å². The Balaban J connectivity index is 1.97. The number of nitrogens with two attached hydrogens (primary N) is 1. The fraction of sp³-hybridized carbons (Fsp3) is 0.0769. The van der Waals surface area contributed by atoms with E-state index >= 15 is 0 Å². The van der Waals surface area contributed by atoms with Gasteiger partial charge in [-0.2, -0.15) is 10.1 Å². The van der Waals surface area contributed by atoms with Crippen molar-refractivity contribution < 1.29 is 9.47 Å². The molecule has 6 nitrogen and oxygen atoms in total. The molecule has 0 unspecified atom stereocenters. The second-order valence-corrected chi connectivity index (χ2v) is 3.91. The smallest absolute Gasteiger partial charge is 0.222 e. The van der Waals surface area contributed by atoms with E-state index in [1.807, 2.05) is 0 Å². The standard InChI is InChI=1S/C13H12N4O2/c1-18-10-3-2-9(14)8-11(10)19-13-5-7-17-12(16-13)4-6-15-17/h2-8H,14H2,1H3. The van der Waals surface area contributed by atoms with E-state index in [0.717, 1.165) is 0 Å². The summed E-state index contributed by atoms with van der Waals surface area (Å²) in [4.78, 5) is 4.32. The lowest BCUT2D eigenvalue weighted by Gasteiger charge is -2.10. The number of hydrogen-bond acceptors (Lipinski definition) is 5. The topological polar surface area (TPSA) is 74.7 Å². The number of hydrogen-bond donors (Lipinski definition) is 1. The van der Waals surface area contributed by atoms with Gasteiger partial charge in [0, 0.05) is 30.1 Å². The summed E-state index contributed by atoms with van der Waals surface area (Å²) in [5.74, 6) is 1.58. The third-order valence-corrected chi connectivity index (χ3v) is 2.63. The number of fused-ring (bicyclic) bond motifs is 1. The van der Waals surface area contributed by atoms with Crippen LogP contribution in [0.1, 0.15) is 0 Å². The van der Waals surface area contributed by atoms with Crippen LogP contribution in [0.25, 0.3) is 5.65 Å². The predicted octanol–water partition coefficient (Wildman–Crippen LogP) is 2.11. The molecule has 0 saturated carbocycles. The number of benzene rings is 1. The third-order valence-electron chi connectivity index (χ3n) is 2.63. The molecule has 2 heterocycles. The molecule has 0 bridgehead atoms. The van der Waals surface area contributed by atoms with Crippen LogP contribution < -0.4 is 15.2 Å². The highest BCUT2D eigenvalue weighted by Gasteiger charge is 2.07. The van der Waals surface area contributed by atoms with Crippen molar-refractivity contribution >= 4 is 11.3 Å². The lowest BCUT2D eigenvalue weighted by atomic mass is 10.3. The zero-order valence-corrected chi connectivity index (χ0v) is 10.3. The van der Waals surface area contributed by atoms with Crippen molar-refractivity contribution in [3.63, 3.8) is 0 Å². The molecule has 2 N–H and O–H groups in total. The maximum atomic E-state index is 5.74. The number of methoxy groups -OCH3 is 1. The minimum Gasteiger partial charge on any atom is -0.493 e. The predicted molar refractivity (Wildman–Crippen MR) is 70.5 cm³/mol. The molecule has 0 aliphatic carbocycles. The summed E-state index contributed by atoms with van der Waals surface area (Å²) in [6.07, 6.45) is 3.45. The summed E-state index contributed by atoms with van der Waals surface area (Å²) in [5, 5.41) is 4.07. The van der Waals surface area contributed by atoms with Crippen LogP contribution in [0.3, 0.4) is 0 Å². The average molecular weight is 256 g/mol. The van der Waals surface area contributed by atoms with Crippen LogP contribution in [0.4, 0.5) is 5.69 Å². The van der Waals surface area contributed by atoms with Gasteiger partial charge >= 0.3 is 0 Å². The molecule has 0 spiro atoms. The first-order valence-corrected chi connectivity index (χ1v) is 5.68. The van der Waals surface area contributed by atoms with Gasteiger partial charge in [-0.15, -0.1) is 0 Å². The fourth-order valence-electron chi connectivity index (χ4n) is 1.74. The van der Waals surface area contributed by atoms with Gasteiger partial charge in [-0.25, -0.2) is 4.52 Å². The number of rotatable bonds is 3. The van der Waals surface area contributed by atoms with Crippen LogP contribution in [0.2, 0.25) is 0 Å². The van der Waals surface area contributed by atoms with Gasteiger partial charge in [0.2, 0.25) is 5.88 Å². The summed E-state index contributed by atoms with van der Waals surface area (Å²) in [6.45, 7) is 0. The Kier molecular flexibility index (Phi) is 2.68. The fourth-order valence-corrected chi connectivity index (χ4v) is 1.74. The summed E-state index contributed by atoms with van der Waals surface area (Å²) in [7, 11) is 1.58. The first kappa shape index (κ1) is 11.3. The van der Waals surface area contributed by atoms with E-state index in [9.17, 15) is 0 Å². The highest BCUT2D eigenvalue weighted by atomic mass is 16.5. The van der Waals surface area contributed by atoms with Gasteiger partial charge in [-0.1, -0.05) is 0 Å². The van der Waals surface area contributed by atoms with Crippen molar-refractivity contribution in [3.8, 4) is 17.4 Å². The van der Waals surface area contributed by atoms with Crippen molar-refractivity contribution in [3.05, 3.63) is 42.7 Å². The summed E-state index contributed by atoms with van der Waals surface area (Å²) < 4.78 is 12.6. The molecule has 0 atom stereocenters. The van der Waals surface area contributed by atoms with Crippen LogP contribution in [0.15, 0.2) is 42.7 Å². The zero-order valence-electron chi connectivity index (χ0n) is 10.3. The molecule has 3 aromatic rings. The first-order chi connectivity index (χ1) is 9.26. The number of ether oxygens (including phenoxy) is 2. The van der Waals surface area contributed by atoms with Gasteiger partial charge in [0.15, 0.2) is 17.1 Å². The van der Waals surface area contributed by atoms with E-state index in [1.54, 1.807) is 54.4 Å². The molecule has 3 rings (SSSR count). The molecule has 0 fully saturated rings. The van der Waals surface area contributed by atoms with E-state index in [1.165, 1.54) is 0 Å².